The molecule has 0 spiro atoms. The zero-order valence-corrected chi connectivity index (χ0v) is 11.8. The molecule has 0 unspecified atom stereocenters. The maximum Gasteiger partial charge on any atom is 0.246 e. The summed E-state index contributed by atoms with van der Waals surface area (Å²) in [4.78, 5) is 4.44. The van der Waals surface area contributed by atoms with E-state index in [0.29, 0.717) is 18.1 Å². The molecule has 0 saturated carbocycles. The molecule has 19 heavy (non-hydrogen) atoms. The highest BCUT2D eigenvalue weighted by molar-refractivity contribution is 5.23. The monoisotopic (exact) mass is 259 g/mol. The van der Waals surface area contributed by atoms with E-state index in [1.54, 1.807) is 0 Å². The van der Waals surface area contributed by atoms with Crippen molar-refractivity contribution in [2.75, 3.05) is 0 Å². The van der Waals surface area contributed by atoms with Crippen molar-refractivity contribution in [2.45, 2.75) is 45.6 Å². The van der Waals surface area contributed by atoms with E-state index < -0.39 is 5.54 Å². The van der Waals surface area contributed by atoms with Crippen molar-refractivity contribution < 1.29 is 4.52 Å². The summed E-state index contributed by atoms with van der Waals surface area (Å²) in [6.45, 7) is 6.14. The molecule has 0 amide bonds. The fourth-order valence-electron chi connectivity index (χ4n) is 1.97. The second-order valence-electron chi connectivity index (χ2n) is 5.04. The first-order valence-electron chi connectivity index (χ1n) is 6.75. The lowest BCUT2D eigenvalue weighted by Crippen LogP contribution is -2.35. The minimum absolute atomic E-state index is 0.501. The van der Waals surface area contributed by atoms with Gasteiger partial charge < -0.3 is 10.3 Å². The van der Waals surface area contributed by atoms with Crippen molar-refractivity contribution in [1.82, 2.24) is 10.1 Å². The molecule has 0 aliphatic rings. The third-order valence-corrected chi connectivity index (χ3v) is 3.64. The van der Waals surface area contributed by atoms with Gasteiger partial charge in [-0.15, -0.1) is 0 Å². The lowest BCUT2D eigenvalue weighted by molar-refractivity contribution is 0.267. The number of aryl methyl sites for hydroxylation is 1. The molecule has 4 nitrogen and oxygen atoms in total. The number of aromatic nitrogens is 2. The first kappa shape index (κ1) is 13.7. The van der Waals surface area contributed by atoms with E-state index in [0.717, 1.165) is 12.8 Å². The normalized spacial score (nSPS) is 11.8. The van der Waals surface area contributed by atoms with Crippen LogP contribution in [0.1, 0.15) is 49.5 Å². The molecule has 1 aromatic carbocycles. The summed E-state index contributed by atoms with van der Waals surface area (Å²) < 4.78 is 5.32. The van der Waals surface area contributed by atoms with Crippen LogP contribution >= 0.6 is 0 Å². The minimum Gasteiger partial charge on any atom is -0.337 e. The van der Waals surface area contributed by atoms with Crippen LogP contribution in [0, 0.1) is 6.92 Å². The molecule has 2 aromatic rings. The molecule has 2 N–H and O–H groups in total. The third kappa shape index (κ3) is 3.01. The van der Waals surface area contributed by atoms with Gasteiger partial charge in [0.1, 0.15) is 0 Å². The lowest BCUT2D eigenvalue weighted by atomic mass is 9.94. The SMILES string of the molecule is CCC(N)(CC)c1nc(Cc2ccc(C)cc2)no1. The van der Waals surface area contributed by atoms with Crippen molar-refractivity contribution in [3.05, 3.63) is 47.1 Å². The fraction of sp³-hybridized carbons (Fsp3) is 0.467. The van der Waals surface area contributed by atoms with E-state index in [2.05, 4.69) is 41.3 Å². The molecule has 0 aliphatic heterocycles. The molecular formula is C15H21N3O. The summed E-state index contributed by atoms with van der Waals surface area (Å²) in [5, 5.41) is 4.03. The van der Waals surface area contributed by atoms with Crippen molar-refractivity contribution in [3.8, 4) is 0 Å². The summed E-state index contributed by atoms with van der Waals surface area (Å²) in [5.41, 5.74) is 8.17. The number of benzene rings is 1. The standard InChI is InChI=1S/C15H21N3O/c1-4-15(16,5-2)14-17-13(18-19-14)10-12-8-6-11(3)7-9-12/h6-9H,4-5,10,16H2,1-3H3. The van der Waals surface area contributed by atoms with Crippen LogP contribution in [0.3, 0.4) is 0 Å². The van der Waals surface area contributed by atoms with Gasteiger partial charge in [-0.3, -0.25) is 0 Å². The number of nitrogens with two attached hydrogens (primary N) is 1. The third-order valence-electron chi connectivity index (χ3n) is 3.64. The average molecular weight is 259 g/mol. The molecule has 4 heteroatoms. The molecule has 0 bridgehead atoms. The molecule has 102 valence electrons. The van der Waals surface area contributed by atoms with Gasteiger partial charge in [0, 0.05) is 6.42 Å². The lowest BCUT2D eigenvalue weighted by Gasteiger charge is -2.20. The first-order valence-corrected chi connectivity index (χ1v) is 6.75. The van der Waals surface area contributed by atoms with E-state index >= 15 is 0 Å². The highest BCUT2D eigenvalue weighted by atomic mass is 16.5. The number of nitrogens with zero attached hydrogens (tertiary/aromatic N) is 2. The molecule has 1 heterocycles. The van der Waals surface area contributed by atoms with E-state index in [4.69, 9.17) is 10.3 Å². The Morgan fingerprint density at radius 2 is 1.79 bits per heavy atom. The van der Waals surface area contributed by atoms with E-state index in [1.165, 1.54) is 11.1 Å². The van der Waals surface area contributed by atoms with Crippen LogP contribution in [0.2, 0.25) is 0 Å². The van der Waals surface area contributed by atoms with Gasteiger partial charge in [0.2, 0.25) is 5.89 Å². The predicted octanol–water partition coefficient (Wildman–Crippen LogP) is 2.94. The molecule has 2 rings (SSSR count). The quantitative estimate of drug-likeness (QED) is 0.896. The van der Waals surface area contributed by atoms with Crippen LogP contribution in [0.15, 0.2) is 28.8 Å². The maximum atomic E-state index is 6.25. The van der Waals surface area contributed by atoms with Crippen LogP contribution in [-0.2, 0) is 12.0 Å². The van der Waals surface area contributed by atoms with Crippen LogP contribution in [0.25, 0.3) is 0 Å². The summed E-state index contributed by atoms with van der Waals surface area (Å²) in [6.07, 6.45) is 2.25. The van der Waals surface area contributed by atoms with E-state index in [1.807, 2.05) is 13.8 Å². The van der Waals surface area contributed by atoms with Crippen LogP contribution in [0.4, 0.5) is 0 Å². The van der Waals surface area contributed by atoms with Crippen molar-refractivity contribution >= 4 is 0 Å². The van der Waals surface area contributed by atoms with Gasteiger partial charge in [0.05, 0.1) is 5.54 Å². The molecule has 0 fully saturated rings. The second-order valence-corrected chi connectivity index (χ2v) is 5.04. The van der Waals surface area contributed by atoms with Gasteiger partial charge in [-0.1, -0.05) is 48.8 Å². The molecular weight excluding hydrogens is 238 g/mol. The van der Waals surface area contributed by atoms with Gasteiger partial charge in [0.25, 0.3) is 0 Å². The Bertz CT molecular complexity index is 527. The smallest absolute Gasteiger partial charge is 0.246 e. The molecule has 0 saturated heterocycles. The largest absolute Gasteiger partial charge is 0.337 e. The topological polar surface area (TPSA) is 64.9 Å². The first-order chi connectivity index (χ1) is 9.07. The van der Waals surface area contributed by atoms with E-state index in [9.17, 15) is 0 Å². The Kier molecular flexibility index (Phi) is 4.00. The molecule has 0 aliphatic carbocycles. The predicted molar refractivity (Wildman–Crippen MR) is 74.7 cm³/mol. The Balaban J connectivity index is 2.15. The molecule has 0 atom stereocenters. The Morgan fingerprint density at radius 1 is 1.16 bits per heavy atom. The van der Waals surface area contributed by atoms with Crippen molar-refractivity contribution in [3.63, 3.8) is 0 Å². The number of rotatable bonds is 5. The second kappa shape index (κ2) is 5.53. The van der Waals surface area contributed by atoms with Crippen molar-refractivity contribution in [1.29, 1.82) is 0 Å². The van der Waals surface area contributed by atoms with Crippen LogP contribution in [-0.4, -0.2) is 10.1 Å². The minimum atomic E-state index is -0.501. The maximum absolute atomic E-state index is 6.25. The zero-order valence-electron chi connectivity index (χ0n) is 11.8. The van der Waals surface area contributed by atoms with E-state index in [-0.39, 0.29) is 0 Å². The highest BCUT2D eigenvalue weighted by Crippen LogP contribution is 2.24. The molecule has 0 radical (unpaired) electrons. The molecule has 1 aromatic heterocycles. The summed E-state index contributed by atoms with van der Waals surface area (Å²) >= 11 is 0. The van der Waals surface area contributed by atoms with Gasteiger partial charge in [-0.25, -0.2) is 0 Å². The summed E-state index contributed by atoms with van der Waals surface area (Å²) in [7, 11) is 0. The van der Waals surface area contributed by atoms with Gasteiger partial charge in [-0.05, 0) is 25.3 Å². The Morgan fingerprint density at radius 3 is 2.37 bits per heavy atom. The summed E-state index contributed by atoms with van der Waals surface area (Å²) in [5.74, 6) is 1.23. The average Bonchev–Trinajstić information content (AvgIpc) is 2.89. The van der Waals surface area contributed by atoms with Crippen molar-refractivity contribution in [2.24, 2.45) is 5.73 Å². The van der Waals surface area contributed by atoms with Gasteiger partial charge in [0.15, 0.2) is 5.82 Å². The summed E-state index contributed by atoms with van der Waals surface area (Å²) in [6, 6.07) is 8.34. The highest BCUT2D eigenvalue weighted by Gasteiger charge is 2.29. The van der Waals surface area contributed by atoms with Crippen LogP contribution < -0.4 is 5.73 Å². The Hall–Kier alpha value is -1.68. The van der Waals surface area contributed by atoms with Gasteiger partial charge in [-0.2, -0.15) is 4.98 Å². The fourth-order valence-corrected chi connectivity index (χ4v) is 1.97. The number of hydrogen-bond donors (Lipinski definition) is 1. The number of hydrogen-bond acceptors (Lipinski definition) is 4. The van der Waals surface area contributed by atoms with Gasteiger partial charge >= 0.3 is 0 Å². The Labute approximate surface area is 114 Å². The zero-order chi connectivity index (χ0) is 13.9. The van der Waals surface area contributed by atoms with Crippen LogP contribution in [0.5, 0.6) is 0 Å².